The van der Waals surface area contributed by atoms with Gasteiger partial charge in [-0.3, -0.25) is 9.89 Å². The standard InChI is InChI=1S/C22H34ClN5O.HI/c1-24-21(25-18-22(8-16-29-17-9-22)28-10-4-5-11-28)27-14-12-26(13-15-27)20-7-3-2-6-19(20)23;/h2-3,6-7H,4-5,8-18H2,1H3,(H,24,25);1H. The molecule has 3 aliphatic heterocycles. The molecule has 6 nitrogen and oxygen atoms in total. The molecular weight excluding hydrogens is 513 g/mol. The third-order valence-corrected chi connectivity index (χ3v) is 7.08. The summed E-state index contributed by atoms with van der Waals surface area (Å²) in [5.74, 6) is 1.02. The second-order valence-electron chi connectivity index (χ2n) is 8.36. The maximum absolute atomic E-state index is 6.39. The molecule has 3 saturated heterocycles. The number of hydrogen-bond acceptors (Lipinski definition) is 4. The van der Waals surface area contributed by atoms with E-state index in [0.29, 0.717) is 0 Å². The first-order valence-corrected chi connectivity index (χ1v) is 11.4. The van der Waals surface area contributed by atoms with E-state index in [1.54, 1.807) is 0 Å². The van der Waals surface area contributed by atoms with Gasteiger partial charge in [-0.25, -0.2) is 0 Å². The lowest BCUT2D eigenvalue weighted by Gasteiger charge is -2.45. The van der Waals surface area contributed by atoms with Crippen LogP contribution in [-0.4, -0.2) is 87.4 Å². The van der Waals surface area contributed by atoms with Crippen LogP contribution in [0.1, 0.15) is 25.7 Å². The molecule has 0 amide bonds. The van der Waals surface area contributed by atoms with Crippen LogP contribution in [0.2, 0.25) is 5.02 Å². The summed E-state index contributed by atoms with van der Waals surface area (Å²) in [6, 6.07) is 8.12. The normalized spacial score (nSPS) is 22.7. The third kappa shape index (κ3) is 5.34. The van der Waals surface area contributed by atoms with E-state index in [1.165, 1.54) is 25.9 Å². The molecule has 3 aliphatic rings. The van der Waals surface area contributed by atoms with E-state index in [4.69, 9.17) is 16.3 Å². The second kappa shape index (κ2) is 11.2. The van der Waals surface area contributed by atoms with Gasteiger partial charge in [0.25, 0.3) is 0 Å². The van der Waals surface area contributed by atoms with Crippen molar-refractivity contribution in [2.24, 2.45) is 4.99 Å². The zero-order chi connectivity index (χ0) is 20.1. The quantitative estimate of drug-likeness (QED) is 0.356. The van der Waals surface area contributed by atoms with Gasteiger partial charge in [-0.05, 0) is 50.9 Å². The highest BCUT2D eigenvalue weighted by Crippen LogP contribution is 2.31. The molecular formula is C22H35ClIN5O. The van der Waals surface area contributed by atoms with E-state index in [2.05, 4.69) is 37.1 Å². The molecule has 8 heteroatoms. The van der Waals surface area contributed by atoms with E-state index >= 15 is 0 Å². The Labute approximate surface area is 203 Å². The lowest BCUT2D eigenvalue weighted by atomic mass is 9.88. The van der Waals surface area contributed by atoms with Crippen molar-refractivity contribution in [1.29, 1.82) is 0 Å². The number of rotatable bonds is 4. The number of anilines is 1. The van der Waals surface area contributed by atoms with Crippen molar-refractivity contribution in [3.8, 4) is 0 Å². The van der Waals surface area contributed by atoms with E-state index in [0.717, 1.165) is 75.4 Å². The summed E-state index contributed by atoms with van der Waals surface area (Å²) in [6.45, 7) is 8.93. The van der Waals surface area contributed by atoms with Crippen LogP contribution in [0.3, 0.4) is 0 Å². The fraction of sp³-hybridized carbons (Fsp3) is 0.682. The topological polar surface area (TPSA) is 43.3 Å². The van der Waals surface area contributed by atoms with Crippen LogP contribution in [0, 0.1) is 0 Å². The molecule has 1 aromatic rings. The first kappa shape index (κ1) is 23.9. The summed E-state index contributed by atoms with van der Waals surface area (Å²) in [5.41, 5.74) is 1.34. The Bertz CT molecular complexity index is 699. The van der Waals surface area contributed by atoms with Crippen molar-refractivity contribution in [2.45, 2.75) is 31.2 Å². The molecule has 0 bridgehead atoms. The smallest absolute Gasteiger partial charge is 0.193 e. The lowest BCUT2D eigenvalue weighted by Crippen LogP contribution is -2.60. The van der Waals surface area contributed by atoms with Crippen LogP contribution in [0.15, 0.2) is 29.3 Å². The van der Waals surface area contributed by atoms with Gasteiger partial charge in [0.15, 0.2) is 5.96 Å². The van der Waals surface area contributed by atoms with Crippen molar-refractivity contribution < 1.29 is 4.74 Å². The minimum Gasteiger partial charge on any atom is -0.381 e. The first-order chi connectivity index (χ1) is 14.2. The summed E-state index contributed by atoms with van der Waals surface area (Å²) in [5, 5.41) is 4.56. The van der Waals surface area contributed by atoms with Gasteiger partial charge in [0.2, 0.25) is 0 Å². The molecule has 4 rings (SSSR count). The zero-order valence-electron chi connectivity index (χ0n) is 18.0. The van der Waals surface area contributed by atoms with Crippen molar-refractivity contribution >= 4 is 47.2 Å². The second-order valence-corrected chi connectivity index (χ2v) is 8.76. The highest BCUT2D eigenvalue weighted by Gasteiger charge is 2.40. The number of nitrogens with zero attached hydrogens (tertiary/aromatic N) is 4. The molecule has 1 N–H and O–H groups in total. The molecule has 1 aromatic carbocycles. The predicted octanol–water partition coefficient (Wildman–Crippen LogP) is 3.30. The van der Waals surface area contributed by atoms with E-state index < -0.39 is 0 Å². The van der Waals surface area contributed by atoms with Crippen LogP contribution >= 0.6 is 35.6 Å². The molecule has 3 heterocycles. The maximum Gasteiger partial charge on any atom is 0.193 e. The molecule has 0 unspecified atom stereocenters. The van der Waals surface area contributed by atoms with Crippen LogP contribution in [0.25, 0.3) is 0 Å². The molecule has 0 atom stereocenters. The molecule has 0 radical (unpaired) electrons. The Morgan fingerprint density at radius 3 is 2.37 bits per heavy atom. The number of nitrogens with one attached hydrogen (secondary N) is 1. The monoisotopic (exact) mass is 547 g/mol. The van der Waals surface area contributed by atoms with Crippen LogP contribution in [0.5, 0.6) is 0 Å². The Hall–Kier alpha value is -0.770. The minimum atomic E-state index is 0. The van der Waals surface area contributed by atoms with Crippen LogP contribution in [0.4, 0.5) is 5.69 Å². The Morgan fingerprint density at radius 2 is 1.73 bits per heavy atom. The maximum atomic E-state index is 6.39. The zero-order valence-corrected chi connectivity index (χ0v) is 21.1. The molecule has 168 valence electrons. The van der Waals surface area contributed by atoms with Gasteiger partial charge in [-0.1, -0.05) is 23.7 Å². The third-order valence-electron chi connectivity index (χ3n) is 6.76. The first-order valence-electron chi connectivity index (χ1n) is 11.0. The highest BCUT2D eigenvalue weighted by atomic mass is 127. The number of aliphatic imine (C=N–C) groups is 1. The lowest BCUT2D eigenvalue weighted by molar-refractivity contribution is -0.0166. The summed E-state index contributed by atoms with van der Waals surface area (Å²) in [6.07, 6.45) is 4.86. The van der Waals surface area contributed by atoms with E-state index in [9.17, 15) is 0 Å². The highest BCUT2D eigenvalue weighted by molar-refractivity contribution is 14.0. The Kier molecular flexibility index (Phi) is 8.92. The summed E-state index contributed by atoms with van der Waals surface area (Å²) in [7, 11) is 1.90. The largest absolute Gasteiger partial charge is 0.381 e. The number of guanidine groups is 1. The summed E-state index contributed by atoms with van der Waals surface area (Å²) >= 11 is 6.39. The fourth-order valence-corrected chi connectivity index (χ4v) is 5.25. The van der Waals surface area contributed by atoms with Gasteiger partial charge >= 0.3 is 0 Å². The molecule has 30 heavy (non-hydrogen) atoms. The number of benzene rings is 1. The predicted molar refractivity (Wildman–Crippen MR) is 136 cm³/mol. The number of piperazine rings is 1. The molecule has 0 aromatic heterocycles. The van der Waals surface area contributed by atoms with Crippen molar-refractivity contribution in [1.82, 2.24) is 15.1 Å². The van der Waals surface area contributed by atoms with Crippen LogP contribution < -0.4 is 10.2 Å². The van der Waals surface area contributed by atoms with Gasteiger partial charge in [0, 0.05) is 58.5 Å². The van der Waals surface area contributed by atoms with Crippen molar-refractivity contribution in [3.05, 3.63) is 29.3 Å². The Morgan fingerprint density at radius 1 is 1.07 bits per heavy atom. The average molecular weight is 548 g/mol. The summed E-state index contributed by atoms with van der Waals surface area (Å²) in [4.78, 5) is 12.1. The van der Waals surface area contributed by atoms with Gasteiger partial charge < -0.3 is 19.9 Å². The minimum absolute atomic E-state index is 0. The average Bonchev–Trinajstić information content (AvgIpc) is 3.32. The van der Waals surface area contributed by atoms with Crippen molar-refractivity contribution in [2.75, 3.05) is 71.0 Å². The van der Waals surface area contributed by atoms with Gasteiger partial charge in [-0.2, -0.15) is 0 Å². The number of likely N-dealkylation sites (tertiary alicyclic amines) is 1. The molecule has 0 aliphatic carbocycles. The van der Waals surface area contributed by atoms with Crippen molar-refractivity contribution in [3.63, 3.8) is 0 Å². The van der Waals surface area contributed by atoms with Crippen LogP contribution in [-0.2, 0) is 4.74 Å². The van der Waals surface area contributed by atoms with E-state index in [-0.39, 0.29) is 29.5 Å². The molecule has 0 spiro atoms. The molecule has 3 fully saturated rings. The van der Waals surface area contributed by atoms with E-state index in [1.807, 2.05) is 19.2 Å². The van der Waals surface area contributed by atoms with Gasteiger partial charge in [-0.15, -0.1) is 24.0 Å². The van der Waals surface area contributed by atoms with Gasteiger partial charge in [0.1, 0.15) is 0 Å². The fourth-order valence-electron chi connectivity index (χ4n) is 4.99. The SMILES string of the molecule is CN=C(NCC1(N2CCCC2)CCOCC1)N1CCN(c2ccccc2Cl)CC1.I. The molecule has 0 saturated carbocycles. The number of para-hydroxylation sites is 1. The van der Waals surface area contributed by atoms with Gasteiger partial charge in [0.05, 0.1) is 10.7 Å². The number of hydrogen-bond donors (Lipinski definition) is 1. The number of ether oxygens (including phenoxy) is 1. The number of halogens is 2. The summed E-state index contributed by atoms with van der Waals surface area (Å²) < 4.78 is 5.69. The Balaban J connectivity index is 0.00000256.